The predicted molar refractivity (Wildman–Crippen MR) is 75.5 cm³/mol. The SMILES string of the molecule is CCOC(=O)CC(C)(C)C=Cc1ccc(Cl)cc1. The largest absolute Gasteiger partial charge is 0.466 e. The van der Waals surface area contributed by atoms with Crippen molar-refractivity contribution in [3.05, 3.63) is 40.9 Å². The first-order valence-electron chi connectivity index (χ1n) is 6.03. The Morgan fingerprint density at radius 2 is 1.94 bits per heavy atom. The fourth-order valence-electron chi connectivity index (χ4n) is 1.54. The summed E-state index contributed by atoms with van der Waals surface area (Å²) in [5, 5.41) is 0.720. The molecular weight excluding hydrogens is 248 g/mol. The molecule has 18 heavy (non-hydrogen) atoms. The second kappa shape index (κ2) is 6.60. The average molecular weight is 267 g/mol. The molecule has 0 N–H and O–H groups in total. The Morgan fingerprint density at radius 3 is 2.50 bits per heavy atom. The fourth-order valence-corrected chi connectivity index (χ4v) is 1.66. The molecule has 0 bridgehead atoms. The summed E-state index contributed by atoms with van der Waals surface area (Å²) >= 11 is 5.82. The van der Waals surface area contributed by atoms with E-state index >= 15 is 0 Å². The minimum absolute atomic E-state index is 0.164. The van der Waals surface area contributed by atoms with Crippen LogP contribution in [0, 0.1) is 5.41 Å². The van der Waals surface area contributed by atoms with Crippen LogP contribution in [0.25, 0.3) is 6.08 Å². The van der Waals surface area contributed by atoms with Crippen LogP contribution in [0.1, 0.15) is 32.8 Å². The lowest BCUT2D eigenvalue weighted by Gasteiger charge is -2.18. The van der Waals surface area contributed by atoms with Gasteiger partial charge in [-0.3, -0.25) is 4.79 Å². The Balaban J connectivity index is 2.64. The molecule has 0 aliphatic heterocycles. The van der Waals surface area contributed by atoms with Gasteiger partial charge >= 0.3 is 5.97 Å². The molecule has 0 saturated carbocycles. The third-order valence-corrected chi connectivity index (χ3v) is 2.75. The van der Waals surface area contributed by atoms with E-state index in [-0.39, 0.29) is 11.4 Å². The molecule has 0 aliphatic carbocycles. The van der Waals surface area contributed by atoms with Gasteiger partial charge in [0.2, 0.25) is 0 Å². The molecule has 1 aromatic rings. The smallest absolute Gasteiger partial charge is 0.306 e. The number of hydrogen-bond acceptors (Lipinski definition) is 2. The van der Waals surface area contributed by atoms with Crippen molar-refractivity contribution >= 4 is 23.6 Å². The number of halogens is 1. The highest BCUT2D eigenvalue weighted by atomic mass is 35.5. The average Bonchev–Trinajstić information content (AvgIpc) is 2.28. The van der Waals surface area contributed by atoms with Gasteiger partial charge in [0.05, 0.1) is 13.0 Å². The minimum atomic E-state index is -0.216. The van der Waals surface area contributed by atoms with Gasteiger partial charge in [0.1, 0.15) is 0 Å². The number of carbonyl (C=O) groups is 1. The van der Waals surface area contributed by atoms with Crippen LogP contribution in [0.5, 0.6) is 0 Å². The fraction of sp³-hybridized carbons (Fsp3) is 0.400. The molecule has 0 fully saturated rings. The molecule has 0 amide bonds. The normalized spacial score (nSPS) is 11.8. The van der Waals surface area contributed by atoms with Gasteiger partial charge in [-0.2, -0.15) is 0 Å². The van der Waals surface area contributed by atoms with Crippen LogP contribution in [0.15, 0.2) is 30.3 Å². The zero-order valence-electron chi connectivity index (χ0n) is 11.1. The van der Waals surface area contributed by atoms with E-state index < -0.39 is 0 Å². The summed E-state index contributed by atoms with van der Waals surface area (Å²) in [4.78, 5) is 11.4. The van der Waals surface area contributed by atoms with Crippen molar-refractivity contribution in [2.24, 2.45) is 5.41 Å². The number of hydrogen-bond donors (Lipinski definition) is 0. The van der Waals surface area contributed by atoms with Gasteiger partial charge in [0.15, 0.2) is 0 Å². The Labute approximate surface area is 114 Å². The zero-order chi connectivity index (χ0) is 13.6. The minimum Gasteiger partial charge on any atom is -0.466 e. The first kappa shape index (κ1) is 14.8. The van der Waals surface area contributed by atoms with E-state index in [0.29, 0.717) is 13.0 Å². The lowest BCUT2D eigenvalue weighted by atomic mass is 9.88. The standard InChI is InChI=1S/C15H19ClO2/c1-4-18-14(17)11-15(2,3)10-9-12-5-7-13(16)8-6-12/h5-10H,4,11H2,1-3H3. The van der Waals surface area contributed by atoms with Gasteiger partial charge < -0.3 is 4.74 Å². The monoisotopic (exact) mass is 266 g/mol. The lowest BCUT2D eigenvalue weighted by Crippen LogP contribution is -2.16. The maximum Gasteiger partial charge on any atom is 0.306 e. The highest BCUT2D eigenvalue weighted by molar-refractivity contribution is 6.30. The number of esters is 1. The molecule has 0 aromatic heterocycles. The molecule has 0 aliphatic rings. The molecule has 3 heteroatoms. The number of rotatable bonds is 5. The Morgan fingerprint density at radius 1 is 1.33 bits per heavy atom. The number of allylic oxidation sites excluding steroid dienone is 1. The van der Waals surface area contributed by atoms with Crippen LogP contribution >= 0.6 is 11.6 Å². The molecule has 1 rings (SSSR count). The van der Waals surface area contributed by atoms with Crippen LogP contribution in [0.4, 0.5) is 0 Å². The van der Waals surface area contributed by atoms with Gasteiger partial charge in [-0.15, -0.1) is 0 Å². The second-order valence-corrected chi connectivity index (χ2v) is 5.29. The van der Waals surface area contributed by atoms with Crippen LogP contribution in [-0.2, 0) is 9.53 Å². The molecule has 0 saturated heterocycles. The highest BCUT2D eigenvalue weighted by Crippen LogP contribution is 2.24. The van der Waals surface area contributed by atoms with Crippen LogP contribution in [0.2, 0.25) is 5.02 Å². The van der Waals surface area contributed by atoms with Crippen molar-refractivity contribution < 1.29 is 9.53 Å². The molecule has 0 spiro atoms. The second-order valence-electron chi connectivity index (χ2n) is 4.86. The summed E-state index contributed by atoms with van der Waals surface area (Å²) < 4.78 is 4.96. The first-order chi connectivity index (χ1) is 8.43. The van der Waals surface area contributed by atoms with Gasteiger partial charge in [0, 0.05) is 5.02 Å². The summed E-state index contributed by atoms with van der Waals surface area (Å²) in [6.45, 7) is 6.26. The summed E-state index contributed by atoms with van der Waals surface area (Å²) in [6.07, 6.45) is 4.40. The van der Waals surface area contributed by atoms with Crippen LogP contribution in [0.3, 0.4) is 0 Å². The Hall–Kier alpha value is -1.28. The van der Waals surface area contributed by atoms with E-state index in [1.54, 1.807) is 0 Å². The van der Waals surface area contributed by atoms with E-state index in [4.69, 9.17) is 16.3 Å². The van der Waals surface area contributed by atoms with Crippen molar-refractivity contribution in [1.29, 1.82) is 0 Å². The van der Waals surface area contributed by atoms with E-state index in [0.717, 1.165) is 10.6 Å². The zero-order valence-corrected chi connectivity index (χ0v) is 11.8. The molecule has 0 atom stereocenters. The number of ether oxygens (including phenoxy) is 1. The van der Waals surface area contributed by atoms with Gasteiger partial charge in [-0.25, -0.2) is 0 Å². The predicted octanol–water partition coefficient (Wildman–Crippen LogP) is 4.33. The van der Waals surface area contributed by atoms with Gasteiger partial charge in [0.25, 0.3) is 0 Å². The van der Waals surface area contributed by atoms with E-state index in [2.05, 4.69) is 0 Å². The number of carbonyl (C=O) groups excluding carboxylic acids is 1. The van der Waals surface area contributed by atoms with Crippen LogP contribution < -0.4 is 0 Å². The van der Waals surface area contributed by atoms with Crippen molar-refractivity contribution in [2.45, 2.75) is 27.2 Å². The Kier molecular flexibility index (Phi) is 5.42. The first-order valence-corrected chi connectivity index (χ1v) is 6.41. The van der Waals surface area contributed by atoms with Gasteiger partial charge in [-0.05, 0) is 30.0 Å². The molecule has 98 valence electrons. The van der Waals surface area contributed by atoms with Gasteiger partial charge in [-0.1, -0.05) is 49.7 Å². The third-order valence-electron chi connectivity index (χ3n) is 2.50. The van der Waals surface area contributed by atoms with Crippen molar-refractivity contribution in [3.63, 3.8) is 0 Å². The molecule has 1 aromatic carbocycles. The third kappa shape index (κ3) is 5.37. The topological polar surface area (TPSA) is 26.3 Å². The molecule has 0 radical (unpaired) electrons. The van der Waals surface area contributed by atoms with Crippen molar-refractivity contribution in [3.8, 4) is 0 Å². The Bertz CT molecular complexity index is 419. The van der Waals surface area contributed by atoms with Crippen molar-refractivity contribution in [2.75, 3.05) is 6.61 Å². The van der Waals surface area contributed by atoms with Crippen LogP contribution in [-0.4, -0.2) is 12.6 Å². The molecule has 2 nitrogen and oxygen atoms in total. The van der Waals surface area contributed by atoms with E-state index in [1.165, 1.54) is 0 Å². The summed E-state index contributed by atoms with van der Waals surface area (Å²) in [5.74, 6) is -0.164. The lowest BCUT2D eigenvalue weighted by molar-refractivity contribution is -0.144. The maximum absolute atomic E-state index is 11.4. The quantitative estimate of drug-likeness (QED) is 0.742. The number of benzene rings is 1. The summed E-state index contributed by atoms with van der Waals surface area (Å²) in [5.41, 5.74) is 0.850. The van der Waals surface area contributed by atoms with Crippen molar-refractivity contribution in [1.82, 2.24) is 0 Å². The summed E-state index contributed by atoms with van der Waals surface area (Å²) in [7, 11) is 0. The maximum atomic E-state index is 11.4. The van der Waals surface area contributed by atoms with E-state index in [1.807, 2.05) is 57.2 Å². The molecular formula is C15H19ClO2. The highest BCUT2D eigenvalue weighted by Gasteiger charge is 2.19. The van der Waals surface area contributed by atoms with E-state index in [9.17, 15) is 4.79 Å². The summed E-state index contributed by atoms with van der Waals surface area (Å²) in [6, 6.07) is 7.58. The molecule has 0 heterocycles. The molecule has 0 unspecified atom stereocenters.